The van der Waals surface area contributed by atoms with Gasteiger partial charge in [0.15, 0.2) is 0 Å². The molecule has 3 aliphatic rings. The zero-order valence-electron chi connectivity index (χ0n) is 27.3. The first kappa shape index (κ1) is 32.8. The Balaban J connectivity index is 1.11. The van der Waals surface area contributed by atoms with Gasteiger partial charge < -0.3 is 25.2 Å². The van der Waals surface area contributed by atoms with E-state index in [4.69, 9.17) is 37.7 Å². The zero-order chi connectivity index (χ0) is 33.6. The van der Waals surface area contributed by atoms with E-state index < -0.39 is 5.60 Å². The number of hydrogen-bond donors (Lipinski definition) is 3. The molecular formula is C37H39Cl2N5O4. The third-order valence-corrected chi connectivity index (χ3v) is 10.6. The summed E-state index contributed by atoms with van der Waals surface area (Å²) in [5.41, 5.74) is 5.91. The average molecular weight is 689 g/mol. The Kier molecular flexibility index (Phi) is 8.85. The minimum Gasteiger partial charge on any atom is -0.496 e. The van der Waals surface area contributed by atoms with Gasteiger partial charge in [-0.2, -0.15) is 0 Å². The monoisotopic (exact) mass is 687 g/mol. The van der Waals surface area contributed by atoms with E-state index in [2.05, 4.69) is 26.6 Å². The summed E-state index contributed by atoms with van der Waals surface area (Å²) >= 11 is 14.2. The van der Waals surface area contributed by atoms with Gasteiger partial charge in [0.1, 0.15) is 5.75 Å². The lowest BCUT2D eigenvalue weighted by atomic mass is 9.77. The highest BCUT2D eigenvalue weighted by Gasteiger charge is 2.48. The van der Waals surface area contributed by atoms with Crippen LogP contribution < -0.4 is 20.1 Å². The van der Waals surface area contributed by atoms with Crippen LogP contribution in [0.5, 0.6) is 11.6 Å². The van der Waals surface area contributed by atoms with Crippen LogP contribution in [-0.4, -0.2) is 71.4 Å². The first-order valence-electron chi connectivity index (χ1n) is 16.2. The molecule has 48 heavy (non-hydrogen) atoms. The molecule has 7 rings (SSSR count). The zero-order valence-corrected chi connectivity index (χ0v) is 28.8. The fraction of sp³-hybridized carbons (Fsp3) is 0.378. The molecule has 0 atom stereocenters. The van der Waals surface area contributed by atoms with Gasteiger partial charge in [-0.1, -0.05) is 59.6 Å². The summed E-state index contributed by atoms with van der Waals surface area (Å²) in [7, 11) is 3.28. The van der Waals surface area contributed by atoms with Crippen molar-refractivity contribution < 1.29 is 19.4 Å². The Labute approximate surface area is 290 Å². The van der Waals surface area contributed by atoms with Crippen LogP contribution in [0.15, 0.2) is 60.8 Å². The number of nitrogens with one attached hydrogen (secondary N) is 2. The van der Waals surface area contributed by atoms with Gasteiger partial charge in [0.05, 0.1) is 41.3 Å². The smallest absolute Gasteiger partial charge is 0.220 e. The van der Waals surface area contributed by atoms with E-state index in [1.54, 1.807) is 20.4 Å². The minimum absolute atomic E-state index is 0.0731. The maximum Gasteiger partial charge on any atom is 0.220 e. The molecule has 2 aliphatic heterocycles. The fourth-order valence-electron chi connectivity index (χ4n) is 7.37. The Bertz CT molecular complexity index is 1870. The van der Waals surface area contributed by atoms with E-state index in [9.17, 15) is 9.90 Å². The van der Waals surface area contributed by atoms with Crippen LogP contribution in [0.3, 0.4) is 0 Å². The summed E-state index contributed by atoms with van der Waals surface area (Å²) in [5.74, 6) is 1.43. The van der Waals surface area contributed by atoms with Crippen LogP contribution in [0, 0.1) is 5.41 Å². The fourth-order valence-corrected chi connectivity index (χ4v) is 8.02. The standard InChI is InChI=1S/C37H39Cl2N5O4/c1-36(46)14-25(15-36)41-17-23-9-10-29(43-35(23)48-3)28-6-4-5-26(32(28)38)27-11-12-40-34(33(27)39)22-7-8-24(30(13-22)47-2)18-44-20-37(21-44)16-31(45)42-19-37/h4-13,25,41,46H,14-21H2,1-3H3,(H,42,45)/t25-,36+. The maximum atomic E-state index is 11.7. The van der Waals surface area contributed by atoms with Crippen molar-refractivity contribution >= 4 is 29.1 Å². The summed E-state index contributed by atoms with van der Waals surface area (Å²) in [6.07, 6.45) is 3.79. The molecule has 0 bridgehead atoms. The maximum absolute atomic E-state index is 11.7. The van der Waals surface area contributed by atoms with Crippen LogP contribution >= 0.6 is 23.2 Å². The number of carbonyl (C=O) groups excluding carboxylic acids is 1. The van der Waals surface area contributed by atoms with Crippen LogP contribution in [0.4, 0.5) is 0 Å². The molecule has 1 spiro atoms. The summed E-state index contributed by atoms with van der Waals surface area (Å²) in [5, 5.41) is 17.5. The molecule has 1 aliphatic carbocycles. The van der Waals surface area contributed by atoms with Gasteiger partial charge >= 0.3 is 0 Å². The van der Waals surface area contributed by atoms with E-state index in [-0.39, 0.29) is 17.4 Å². The number of ether oxygens (including phenoxy) is 2. The van der Waals surface area contributed by atoms with E-state index in [0.717, 1.165) is 78.2 Å². The lowest BCUT2D eigenvalue weighted by Crippen LogP contribution is -2.56. The first-order chi connectivity index (χ1) is 23.1. The minimum atomic E-state index is -0.586. The van der Waals surface area contributed by atoms with Crippen molar-refractivity contribution in [3.05, 3.63) is 82.0 Å². The molecule has 1 saturated carbocycles. The van der Waals surface area contributed by atoms with Gasteiger partial charge in [-0.15, -0.1) is 0 Å². The molecule has 250 valence electrons. The Morgan fingerprint density at radius 3 is 2.46 bits per heavy atom. The highest BCUT2D eigenvalue weighted by Crippen LogP contribution is 2.43. The van der Waals surface area contributed by atoms with Crippen molar-refractivity contribution in [2.45, 2.75) is 50.9 Å². The van der Waals surface area contributed by atoms with E-state index in [1.807, 2.05) is 55.5 Å². The van der Waals surface area contributed by atoms with Gasteiger partial charge in [-0.05, 0) is 38.0 Å². The van der Waals surface area contributed by atoms with Crippen molar-refractivity contribution in [3.63, 3.8) is 0 Å². The van der Waals surface area contributed by atoms with Gasteiger partial charge in [-0.3, -0.25) is 14.7 Å². The summed E-state index contributed by atoms with van der Waals surface area (Å²) < 4.78 is 11.5. The molecule has 2 saturated heterocycles. The van der Waals surface area contributed by atoms with Crippen molar-refractivity contribution in [2.75, 3.05) is 33.9 Å². The molecular weight excluding hydrogens is 649 g/mol. The second kappa shape index (κ2) is 12.9. The second-order valence-electron chi connectivity index (χ2n) is 13.7. The Morgan fingerprint density at radius 2 is 1.75 bits per heavy atom. The Morgan fingerprint density at radius 1 is 1.00 bits per heavy atom. The molecule has 4 heterocycles. The molecule has 4 aromatic rings. The largest absolute Gasteiger partial charge is 0.496 e. The molecule has 3 fully saturated rings. The molecule has 0 radical (unpaired) electrons. The topological polar surface area (TPSA) is 109 Å². The number of hydrogen-bond acceptors (Lipinski definition) is 8. The van der Waals surface area contributed by atoms with Gasteiger partial charge in [-0.25, -0.2) is 4.98 Å². The lowest BCUT2D eigenvalue weighted by molar-refractivity contribution is -0.120. The number of halogens is 2. The van der Waals surface area contributed by atoms with E-state index in [0.29, 0.717) is 40.3 Å². The molecule has 0 unspecified atom stereocenters. The number of methoxy groups -OCH3 is 2. The van der Waals surface area contributed by atoms with E-state index in [1.165, 1.54) is 0 Å². The third-order valence-electron chi connectivity index (χ3n) is 9.81. The van der Waals surface area contributed by atoms with Gasteiger partial charge in [0.2, 0.25) is 11.8 Å². The van der Waals surface area contributed by atoms with Crippen LogP contribution in [0.25, 0.3) is 33.6 Å². The van der Waals surface area contributed by atoms with E-state index >= 15 is 0 Å². The SMILES string of the molecule is COc1cc(-c2nccc(-c3cccc(-c4ccc(CN[C@H]5C[C@@](C)(O)C5)c(OC)n4)c3Cl)c2Cl)ccc1CN1CC2(CNC(=O)C2)C1. The number of benzene rings is 2. The van der Waals surface area contributed by atoms with Crippen LogP contribution in [0.2, 0.25) is 10.0 Å². The number of pyridine rings is 2. The quantitative estimate of drug-likeness (QED) is 0.183. The van der Waals surface area contributed by atoms with Gasteiger partial charge in [0, 0.05) is 90.2 Å². The third kappa shape index (κ3) is 6.37. The van der Waals surface area contributed by atoms with Crippen LogP contribution in [0.1, 0.15) is 37.3 Å². The predicted molar refractivity (Wildman–Crippen MR) is 187 cm³/mol. The highest BCUT2D eigenvalue weighted by atomic mass is 35.5. The first-order valence-corrected chi connectivity index (χ1v) is 16.9. The number of rotatable bonds is 10. The average Bonchev–Trinajstić information content (AvgIpc) is 3.44. The molecule has 2 aromatic carbocycles. The molecule has 1 amide bonds. The predicted octanol–water partition coefficient (Wildman–Crippen LogP) is 6.13. The number of nitrogens with zero attached hydrogens (tertiary/aromatic N) is 3. The summed E-state index contributed by atoms with van der Waals surface area (Å²) in [6.45, 7) is 5.72. The molecule has 11 heteroatoms. The molecule has 9 nitrogen and oxygen atoms in total. The lowest BCUT2D eigenvalue weighted by Gasteiger charge is -2.47. The van der Waals surface area contributed by atoms with Crippen molar-refractivity contribution in [1.82, 2.24) is 25.5 Å². The number of aromatic nitrogens is 2. The highest BCUT2D eigenvalue weighted by molar-refractivity contribution is 6.39. The number of likely N-dealkylation sites (tertiary alicyclic amines) is 1. The van der Waals surface area contributed by atoms with Gasteiger partial charge in [0.25, 0.3) is 0 Å². The Hall–Kier alpha value is -3.73. The van der Waals surface area contributed by atoms with Crippen molar-refractivity contribution in [2.24, 2.45) is 5.41 Å². The number of amides is 1. The molecule has 2 aromatic heterocycles. The summed E-state index contributed by atoms with van der Waals surface area (Å²) in [4.78, 5) is 23.5. The second-order valence-corrected chi connectivity index (χ2v) is 14.4. The van der Waals surface area contributed by atoms with Crippen molar-refractivity contribution in [1.29, 1.82) is 0 Å². The van der Waals surface area contributed by atoms with Crippen LogP contribution in [-0.2, 0) is 17.9 Å². The molecule has 3 N–H and O–H groups in total. The number of carbonyl (C=O) groups is 1. The number of aliphatic hydroxyl groups is 1. The summed E-state index contributed by atoms with van der Waals surface area (Å²) in [6, 6.07) is 17.9. The van der Waals surface area contributed by atoms with Crippen molar-refractivity contribution in [3.8, 4) is 45.3 Å². The normalized spacial score (nSPS) is 21.5.